The molecule has 0 spiro atoms. The lowest BCUT2D eigenvalue weighted by molar-refractivity contribution is 0.564. The van der Waals surface area contributed by atoms with Crippen molar-refractivity contribution in [3.05, 3.63) is 58.6 Å². The second-order valence-electron chi connectivity index (χ2n) is 3.88. The molecule has 2 aromatic carbocycles. The fourth-order valence-electron chi connectivity index (χ4n) is 1.57. The first-order valence-electron chi connectivity index (χ1n) is 5.35. The normalized spacial score (nSPS) is 12.4. The Hall–Kier alpha value is -1.46. The molecule has 0 aliphatic heterocycles. The van der Waals surface area contributed by atoms with Crippen LogP contribution >= 0.6 is 11.6 Å². The molecule has 100 valence electrons. The zero-order valence-corrected chi connectivity index (χ0v) is 11.3. The second-order valence-corrected chi connectivity index (χ2v) is 5.71. The van der Waals surface area contributed by atoms with Crippen LogP contribution in [-0.4, -0.2) is 4.21 Å². The summed E-state index contributed by atoms with van der Waals surface area (Å²) in [6, 6.07) is 8.00. The average Bonchev–Trinajstić information content (AvgIpc) is 2.37. The van der Waals surface area contributed by atoms with Crippen molar-refractivity contribution in [3.8, 4) is 0 Å². The third-order valence-corrected chi connectivity index (χ3v) is 4.36. The molecule has 0 saturated heterocycles. The Morgan fingerprint density at radius 1 is 1.16 bits per heavy atom. The van der Waals surface area contributed by atoms with Crippen LogP contribution in [-0.2, 0) is 16.6 Å². The average molecular weight is 302 g/mol. The van der Waals surface area contributed by atoms with Crippen molar-refractivity contribution in [2.24, 2.45) is 0 Å². The van der Waals surface area contributed by atoms with Gasteiger partial charge in [-0.1, -0.05) is 17.7 Å². The van der Waals surface area contributed by atoms with Crippen LogP contribution in [0, 0.1) is 11.6 Å². The molecule has 2 N–H and O–H groups in total. The van der Waals surface area contributed by atoms with Crippen LogP contribution in [0.3, 0.4) is 0 Å². The number of hydrogen-bond donors (Lipinski definition) is 1. The molecule has 1 atom stereocenters. The summed E-state index contributed by atoms with van der Waals surface area (Å²) in [5, 5.41) is 0.254. The van der Waals surface area contributed by atoms with E-state index in [-0.39, 0.29) is 21.2 Å². The summed E-state index contributed by atoms with van der Waals surface area (Å²) in [4.78, 5) is 0.268. The largest absolute Gasteiger partial charge is 0.399 e. The molecule has 19 heavy (non-hydrogen) atoms. The summed E-state index contributed by atoms with van der Waals surface area (Å²) in [5.41, 5.74) is 5.74. The second kappa shape index (κ2) is 5.67. The maximum absolute atomic E-state index is 13.5. The van der Waals surface area contributed by atoms with E-state index in [1.807, 2.05) is 0 Å². The Morgan fingerprint density at radius 3 is 2.42 bits per heavy atom. The third kappa shape index (κ3) is 3.11. The number of halogens is 3. The summed E-state index contributed by atoms with van der Waals surface area (Å²) < 4.78 is 39.1. The van der Waals surface area contributed by atoms with E-state index < -0.39 is 22.4 Å². The molecule has 0 amide bonds. The molecular formula is C13H10ClF2NOS. The molecule has 0 aliphatic carbocycles. The third-order valence-electron chi connectivity index (χ3n) is 2.54. The highest BCUT2D eigenvalue weighted by Gasteiger charge is 2.15. The van der Waals surface area contributed by atoms with Crippen molar-refractivity contribution in [1.29, 1.82) is 0 Å². The van der Waals surface area contributed by atoms with Crippen molar-refractivity contribution in [3.63, 3.8) is 0 Å². The van der Waals surface area contributed by atoms with Crippen molar-refractivity contribution in [2.75, 3.05) is 5.73 Å². The lowest BCUT2D eigenvalue weighted by atomic mass is 10.2. The van der Waals surface area contributed by atoms with E-state index in [9.17, 15) is 13.0 Å². The standard InChI is InChI=1S/C13H10ClF2NOS/c14-10-5-4-8(17)6-13(10)19(18)7-9-11(15)2-1-3-12(9)16/h1-6H,7,17H2. The van der Waals surface area contributed by atoms with Crippen molar-refractivity contribution in [2.45, 2.75) is 10.6 Å². The van der Waals surface area contributed by atoms with Crippen LogP contribution in [0.5, 0.6) is 0 Å². The first-order chi connectivity index (χ1) is 8.99. The molecule has 6 heteroatoms. The molecule has 0 aliphatic rings. The zero-order chi connectivity index (χ0) is 14.0. The molecule has 2 rings (SSSR count). The van der Waals surface area contributed by atoms with Gasteiger partial charge in [0.05, 0.1) is 26.5 Å². The Bertz CT molecular complexity index is 628. The Kier molecular flexibility index (Phi) is 4.17. The summed E-state index contributed by atoms with van der Waals surface area (Å²) >= 11 is 5.90. The van der Waals surface area contributed by atoms with Gasteiger partial charge in [0.1, 0.15) is 11.6 Å². The number of rotatable bonds is 3. The summed E-state index contributed by atoms with van der Waals surface area (Å²) in [6.45, 7) is 0. The highest BCUT2D eigenvalue weighted by Crippen LogP contribution is 2.25. The van der Waals surface area contributed by atoms with Gasteiger partial charge in [0.25, 0.3) is 0 Å². The maximum atomic E-state index is 13.5. The minimum absolute atomic E-state index is 0.223. The predicted octanol–water partition coefficient (Wildman–Crippen LogP) is 3.51. The van der Waals surface area contributed by atoms with Gasteiger partial charge in [-0.15, -0.1) is 0 Å². The lowest BCUT2D eigenvalue weighted by Gasteiger charge is -2.07. The van der Waals surface area contributed by atoms with Crippen molar-refractivity contribution < 1.29 is 13.0 Å². The van der Waals surface area contributed by atoms with Gasteiger partial charge in [0, 0.05) is 11.3 Å². The molecule has 0 fully saturated rings. The zero-order valence-electron chi connectivity index (χ0n) is 9.70. The molecule has 0 radical (unpaired) electrons. The van der Waals surface area contributed by atoms with E-state index in [4.69, 9.17) is 17.3 Å². The monoisotopic (exact) mass is 301 g/mol. The first kappa shape index (κ1) is 14.0. The summed E-state index contributed by atoms with van der Waals surface area (Å²) in [5.74, 6) is -1.75. The fourth-order valence-corrected chi connectivity index (χ4v) is 3.20. The molecule has 0 bridgehead atoms. The van der Waals surface area contributed by atoms with Gasteiger partial charge in [-0.25, -0.2) is 8.78 Å². The van der Waals surface area contributed by atoms with Crippen LogP contribution in [0.4, 0.5) is 14.5 Å². The minimum Gasteiger partial charge on any atom is -0.399 e. The quantitative estimate of drug-likeness (QED) is 0.882. The van der Waals surface area contributed by atoms with Gasteiger partial charge in [-0.2, -0.15) is 0 Å². The van der Waals surface area contributed by atoms with Gasteiger partial charge < -0.3 is 5.73 Å². The van der Waals surface area contributed by atoms with E-state index in [0.717, 1.165) is 12.1 Å². The number of benzene rings is 2. The Balaban J connectivity index is 2.34. The van der Waals surface area contributed by atoms with E-state index in [1.54, 1.807) is 6.07 Å². The van der Waals surface area contributed by atoms with E-state index in [0.29, 0.717) is 5.69 Å². The molecule has 0 aromatic heterocycles. The molecule has 2 aromatic rings. The highest BCUT2D eigenvalue weighted by atomic mass is 35.5. The Morgan fingerprint density at radius 2 is 1.79 bits per heavy atom. The molecule has 0 saturated carbocycles. The topological polar surface area (TPSA) is 43.1 Å². The van der Waals surface area contributed by atoms with Gasteiger partial charge in [0.15, 0.2) is 0 Å². The molecular weight excluding hydrogens is 292 g/mol. The van der Waals surface area contributed by atoms with E-state index in [2.05, 4.69) is 0 Å². The van der Waals surface area contributed by atoms with Gasteiger partial charge >= 0.3 is 0 Å². The highest BCUT2D eigenvalue weighted by molar-refractivity contribution is 7.84. The van der Waals surface area contributed by atoms with Crippen LogP contribution in [0.25, 0.3) is 0 Å². The van der Waals surface area contributed by atoms with Gasteiger partial charge in [0.2, 0.25) is 0 Å². The van der Waals surface area contributed by atoms with E-state index >= 15 is 0 Å². The van der Waals surface area contributed by atoms with Gasteiger partial charge in [-0.05, 0) is 30.3 Å². The minimum atomic E-state index is -1.67. The lowest BCUT2D eigenvalue weighted by Crippen LogP contribution is -2.03. The van der Waals surface area contributed by atoms with E-state index in [1.165, 1.54) is 18.2 Å². The number of nitrogens with two attached hydrogens (primary N) is 1. The van der Waals surface area contributed by atoms with Crippen molar-refractivity contribution >= 4 is 28.1 Å². The number of anilines is 1. The molecule has 0 heterocycles. The van der Waals surface area contributed by atoms with Crippen LogP contribution in [0.15, 0.2) is 41.3 Å². The fraction of sp³-hybridized carbons (Fsp3) is 0.0769. The van der Waals surface area contributed by atoms with Crippen LogP contribution in [0.2, 0.25) is 5.02 Å². The van der Waals surface area contributed by atoms with Crippen LogP contribution in [0.1, 0.15) is 5.56 Å². The maximum Gasteiger partial charge on any atom is 0.130 e. The van der Waals surface area contributed by atoms with Crippen LogP contribution < -0.4 is 5.73 Å². The molecule has 2 nitrogen and oxygen atoms in total. The summed E-state index contributed by atoms with van der Waals surface area (Å²) in [6.07, 6.45) is 0. The van der Waals surface area contributed by atoms with Crippen molar-refractivity contribution in [1.82, 2.24) is 0 Å². The smallest absolute Gasteiger partial charge is 0.130 e. The number of hydrogen-bond acceptors (Lipinski definition) is 2. The Labute approximate surface area is 116 Å². The summed E-state index contributed by atoms with van der Waals surface area (Å²) in [7, 11) is -1.67. The molecule has 1 unspecified atom stereocenters. The first-order valence-corrected chi connectivity index (χ1v) is 7.05. The predicted molar refractivity (Wildman–Crippen MR) is 72.3 cm³/mol. The SMILES string of the molecule is Nc1ccc(Cl)c(S(=O)Cc2c(F)cccc2F)c1. The van der Waals surface area contributed by atoms with Gasteiger partial charge in [-0.3, -0.25) is 4.21 Å². The number of nitrogen functional groups attached to an aromatic ring is 1.